The zero-order chi connectivity index (χ0) is 30.3. The Balaban J connectivity index is 1.55. The number of hydrogen-bond acceptors (Lipinski definition) is 5. The van der Waals surface area contributed by atoms with E-state index in [-0.39, 0.29) is 41.0 Å². The average Bonchev–Trinajstić information content (AvgIpc) is 2.81. The van der Waals surface area contributed by atoms with Crippen LogP contribution in [0.5, 0.6) is 5.75 Å². The Kier molecular flexibility index (Phi) is 8.64. The normalized spacial score (nSPS) is 20.5. The van der Waals surface area contributed by atoms with E-state index >= 15 is 0 Å². The number of carbonyl (C=O) groups excluding carboxylic acids is 3. The predicted molar refractivity (Wildman–Crippen MR) is 156 cm³/mol. The Hall–Kier alpha value is -3.27. The number of fused-ring (bicyclic) bond motifs is 1. The van der Waals surface area contributed by atoms with Crippen molar-refractivity contribution in [3.05, 3.63) is 53.1 Å². The topological polar surface area (TPSA) is 84.9 Å². The van der Waals surface area contributed by atoms with Crippen molar-refractivity contribution in [2.24, 2.45) is 11.8 Å². The number of rotatable bonds is 7. The number of amides is 2. The summed E-state index contributed by atoms with van der Waals surface area (Å²) in [6.07, 6.45) is 1.85. The Morgan fingerprint density at radius 2 is 1.68 bits per heavy atom. The molecule has 1 aliphatic carbocycles. The van der Waals surface area contributed by atoms with Gasteiger partial charge >= 0.3 is 5.97 Å². The van der Waals surface area contributed by atoms with Gasteiger partial charge in [0.05, 0.1) is 15.2 Å². The van der Waals surface area contributed by atoms with Crippen molar-refractivity contribution in [2.75, 3.05) is 19.0 Å². The van der Waals surface area contributed by atoms with Crippen LogP contribution in [0, 0.1) is 23.5 Å². The van der Waals surface area contributed by atoms with Crippen LogP contribution in [0.25, 0.3) is 0 Å². The van der Waals surface area contributed by atoms with Gasteiger partial charge in [-0.2, -0.15) is 0 Å². The van der Waals surface area contributed by atoms with Gasteiger partial charge in [-0.05, 0) is 81.3 Å². The third-order valence-electron chi connectivity index (χ3n) is 7.63. The lowest BCUT2D eigenvalue weighted by Gasteiger charge is -2.42. The molecule has 41 heavy (non-hydrogen) atoms. The summed E-state index contributed by atoms with van der Waals surface area (Å²) in [6, 6.07) is 6.65. The van der Waals surface area contributed by atoms with Crippen LogP contribution < -0.4 is 15.2 Å². The van der Waals surface area contributed by atoms with Crippen LogP contribution in [0.3, 0.4) is 0 Å². The molecule has 2 aliphatic rings. The highest BCUT2D eigenvalue weighted by Gasteiger charge is 2.43. The van der Waals surface area contributed by atoms with Crippen molar-refractivity contribution in [3.63, 3.8) is 0 Å². The van der Waals surface area contributed by atoms with E-state index < -0.39 is 37.3 Å². The minimum atomic E-state index is -2.29. The van der Waals surface area contributed by atoms with Gasteiger partial charge in [-0.25, -0.2) is 8.78 Å². The predicted octanol–water partition coefficient (Wildman–Crippen LogP) is 5.34. The monoisotopic (exact) mass is 586 g/mol. The van der Waals surface area contributed by atoms with E-state index in [4.69, 9.17) is 9.47 Å². The molecule has 222 valence electrons. The molecule has 1 aliphatic heterocycles. The van der Waals surface area contributed by atoms with E-state index in [9.17, 15) is 23.2 Å². The smallest absolute Gasteiger partial charge is 0.306 e. The van der Waals surface area contributed by atoms with Crippen molar-refractivity contribution in [2.45, 2.75) is 77.7 Å². The molecular weight excluding hydrogens is 546 g/mol. The first-order valence-electron chi connectivity index (χ1n) is 14.1. The third kappa shape index (κ3) is 6.97. The number of nitrogens with zero attached hydrogens (tertiary/aromatic N) is 1. The van der Waals surface area contributed by atoms with Gasteiger partial charge < -0.3 is 19.7 Å². The molecule has 0 unspecified atom stereocenters. The number of esters is 1. The fraction of sp³-hybridized carbons (Fsp3) is 0.516. The zero-order valence-electron chi connectivity index (χ0n) is 24.9. The van der Waals surface area contributed by atoms with Gasteiger partial charge in [0.25, 0.3) is 5.91 Å². The second kappa shape index (κ2) is 11.5. The molecule has 0 radical (unpaired) electrons. The lowest BCUT2D eigenvalue weighted by Crippen LogP contribution is -2.50. The third-order valence-corrected chi connectivity index (χ3v) is 9.61. The standard InChI is InChI=1S/C31H40F2N2O5Si/c1-31(2,3)40-26(36)14-18-12-20(13-18)30(38)35-11-10-19-15-22(39-4)8-9-23(19)27(35)29(37)34-21-16-24(32)28(25(33)17-21)41(5,6)7/h8-9,15-18,20,27H,10-14H2,1-7H3,(H,34,37)/t18-,20-,27-/m1/s1. The summed E-state index contributed by atoms with van der Waals surface area (Å²) in [7, 11) is -0.737. The van der Waals surface area contributed by atoms with E-state index in [1.165, 1.54) is 0 Å². The molecule has 2 amide bonds. The molecular formula is C31H40F2N2O5Si. The second-order valence-electron chi connectivity index (χ2n) is 13.1. The number of ether oxygens (including phenoxy) is 2. The molecule has 10 heteroatoms. The SMILES string of the molecule is COc1ccc2c(c1)CCN(C(=O)[C@H]1C[C@H](CC(=O)OC(C)(C)C)C1)[C@H]2C(=O)Nc1cc(F)c([Si](C)(C)C)c(F)c1. The average molecular weight is 587 g/mol. The number of benzene rings is 2. The Morgan fingerprint density at radius 3 is 2.24 bits per heavy atom. The van der Waals surface area contributed by atoms with Crippen LogP contribution in [0.15, 0.2) is 30.3 Å². The lowest BCUT2D eigenvalue weighted by molar-refractivity contribution is -0.159. The van der Waals surface area contributed by atoms with Gasteiger partial charge in [0, 0.05) is 29.8 Å². The zero-order valence-corrected chi connectivity index (χ0v) is 25.9. The molecule has 1 saturated carbocycles. The minimum absolute atomic E-state index is 0.00102. The maximum absolute atomic E-state index is 14.9. The van der Waals surface area contributed by atoms with E-state index in [0.29, 0.717) is 37.1 Å². The highest BCUT2D eigenvalue weighted by atomic mass is 28.3. The summed E-state index contributed by atoms with van der Waals surface area (Å²) < 4.78 is 40.6. The van der Waals surface area contributed by atoms with Gasteiger partial charge in [0.1, 0.15) is 29.0 Å². The summed E-state index contributed by atoms with van der Waals surface area (Å²) in [6.45, 7) is 11.3. The van der Waals surface area contributed by atoms with Crippen LogP contribution >= 0.6 is 0 Å². The molecule has 1 N–H and O–H groups in total. The number of anilines is 1. The van der Waals surface area contributed by atoms with E-state index in [1.807, 2.05) is 46.5 Å². The van der Waals surface area contributed by atoms with E-state index in [0.717, 1.165) is 17.7 Å². The quantitative estimate of drug-likeness (QED) is 0.350. The fourth-order valence-corrected chi connectivity index (χ4v) is 7.36. The van der Waals surface area contributed by atoms with Gasteiger partial charge in [-0.1, -0.05) is 25.7 Å². The van der Waals surface area contributed by atoms with Crippen LogP contribution in [0.1, 0.15) is 57.2 Å². The van der Waals surface area contributed by atoms with Crippen molar-refractivity contribution in [1.29, 1.82) is 0 Å². The molecule has 0 spiro atoms. The molecule has 2 aromatic rings. The molecule has 7 nitrogen and oxygen atoms in total. The summed E-state index contributed by atoms with van der Waals surface area (Å²) in [5.74, 6) is -2.01. The van der Waals surface area contributed by atoms with E-state index in [1.54, 1.807) is 24.1 Å². The maximum Gasteiger partial charge on any atom is 0.306 e. The molecule has 0 saturated heterocycles. The van der Waals surface area contributed by atoms with Gasteiger partial charge in [0.15, 0.2) is 0 Å². The van der Waals surface area contributed by atoms with Crippen molar-refractivity contribution < 1.29 is 32.6 Å². The number of hydrogen-bond donors (Lipinski definition) is 1. The number of carbonyl (C=O) groups is 3. The highest BCUT2D eigenvalue weighted by molar-refractivity contribution is 6.88. The molecule has 0 bridgehead atoms. The minimum Gasteiger partial charge on any atom is -0.497 e. The number of methoxy groups -OCH3 is 1. The van der Waals surface area contributed by atoms with Crippen LogP contribution in [-0.2, 0) is 25.5 Å². The molecule has 1 atom stereocenters. The van der Waals surface area contributed by atoms with Gasteiger partial charge in [0.2, 0.25) is 5.91 Å². The lowest BCUT2D eigenvalue weighted by atomic mass is 9.72. The first kappa shape index (κ1) is 30.7. The van der Waals surface area contributed by atoms with Crippen LogP contribution in [0.4, 0.5) is 14.5 Å². The largest absolute Gasteiger partial charge is 0.497 e. The van der Waals surface area contributed by atoms with Crippen LogP contribution in [-0.4, -0.2) is 50.0 Å². The highest BCUT2D eigenvalue weighted by Crippen LogP contribution is 2.41. The number of halogens is 2. The van der Waals surface area contributed by atoms with Crippen molar-refractivity contribution in [1.82, 2.24) is 4.90 Å². The first-order chi connectivity index (χ1) is 19.1. The Labute approximate surface area is 241 Å². The second-order valence-corrected chi connectivity index (χ2v) is 18.1. The summed E-state index contributed by atoms with van der Waals surface area (Å²) in [5, 5.41) is 2.75. The number of nitrogens with one attached hydrogen (secondary N) is 1. The maximum atomic E-state index is 14.9. The Bertz CT molecular complexity index is 1320. The molecule has 4 rings (SSSR count). The molecule has 2 aromatic carbocycles. The summed E-state index contributed by atoms with van der Waals surface area (Å²) >= 11 is 0. The van der Waals surface area contributed by atoms with Crippen molar-refractivity contribution in [3.8, 4) is 5.75 Å². The Morgan fingerprint density at radius 1 is 1.05 bits per heavy atom. The molecule has 1 heterocycles. The fourth-order valence-electron chi connectivity index (χ4n) is 5.78. The molecule has 1 fully saturated rings. The van der Waals surface area contributed by atoms with Gasteiger partial charge in [-0.3, -0.25) is 14.4 Å². The summed E-state index contributed by atoms with van der Waals surface area (Å²) in [5.41, 5.74) is 0.950. The van der Waals surface area contributed by atoms with Gasteiger partial charge in [-0.15, -0.1) is 0 Å². The summed E-state index contributed by atoms with van der Waals surface area (Å²) in [4.78, 5) is 41.2. The molecule has 0 aromatic heterocycles. The van der Waals surface area contributed by atoms with E-state index in [2.05, 4.69) is 5.32 Å². The van der Waals surface area contributed by atoms with Crippen molar-refractivity contribution >= 4 is 36.7 Å². The van der Waals surface area contributed by atoms with Crippen LogP contribution in [0.2, 0.25) is 19.6 Å². The first-order valence-corrected chi connectivity index (χ1v) is 17.6.